The van der Waals surface area contributed by atoms with Crippen molar-refractivity contribution in [2.75, 3.05) is 5.32 Å². The summed E-state index contributed by atoms with van der Waals surface area (Å²) >= 11 is 5.96. The molecule has 7 heteroatoms. The molecule has 98 valence electrons. The van der Waals surface area contributed by atoms with Gasteiger partial charge in [0, 0.05) is 10.7 Å². The molecule has 0 radical (unpaired) electrons. The van der Waals surface area contributed by atoms with Gasteiger partial charge in [-0.3, -0.25) is 9.59 Å². The van der Waals surface area contributed by atoms with E-state index in [2.05, 4.69) is 15.6 Å². The minimum absolute atomic E-state index is 0.0215. The van der Waals surface area contributed by atoms with E-state index in [4.69, 9.17) is 11.6 Å². The van der Waals surface area contributed by atoms with E-state index in [1.165, 1.54) is 10.9 Å². The minimum atomic E-state index is -0.276. The standard InChI is InChI=1S/C12H11ClN4O2/c1-8-2-3-9(4-11(8)13)14-12(19)6-17-5-10(7-18)15-16-17/h2-5,7H,6H2,1H3,(H,14,19). The number of amides is 1. The van der Waals surface area contributed by atoms with Crippen molar-refractivity contribution in [1.82, 2.24) is 15.0 Å². The molecule has 6 nitrogen and oxygen atoms in total. The first-order valence-corrected chi connectivity index (χ1v) is 5.87. The Labute approximate surface area is 114 Å². The molecule has 2 aromatic rings. The number of halogens is 1. The SMILES string of the molecule is Cc1ccc(NC(=O)Cn2cc(C=O)nn2)cc1Cl. The van der Waals surface area contributed by atoms with Gasteiger partial charge in [0.15, 0.2) is 6.29 Å². The van der Waals surface area contributed by atoms with Crippen LogP contribution in [0.15, 0.2) is 24.4 Å². The fourth-order valence-corrected chi connectivity index (χ4v) is 1.64. The summed E-state index contributed by atoms with van der Waals surface area (Å²) in [4.78, 5) is 22.2. The third-order valence-electron chi connectivity index (χ3n) is 2.44. The Morgan fingerprint density at radius 2 is 2.32 bits per heavy atom. The molecule has 0 fully saturated rings. The van der Waals surface area contributed by atoms with Crippen molar-refractivity contribution in [3.05, 3.63) is 40.7 Å². The maximum atomic E-state index is 11.7. The molecule has 0 aliphatic rings. The van der Waals surface area contributed by atoms with E-state index in [9.17, 15) is 9.59 Å². The van der Waals surface area contributed by atoms with Crippen molar-refractivity contribution < 1.29 is 9.59 Å². The van der Waals surface area contributed by atoms with Crippen molar-refractivity contribution >= 4 is 29.5 Å². The third kappa shape index (κ3) is 3.38. The first-order valence-electron chi connectivity index (χ1n) is 5.50. The summed E-state index contributed by atoms with van der Waals surface area (Å²) in [6.07, 6.45) is 1.97. The van der Waals surface area contributed by atoms with Crippen molar-refractivity contribution in [2.45, 2.75) is 13.5 Å². The molecule has 0 spiro atoms. The number of aromatic nitrogens is 3. The Balaban J connectivity index is 2.00. The summed E-state index contributed by atoms with van der Waals surface area (Å²) in [6, 6.07) is 5.25. The van der Waals surface area contributed by atoms with Crippen LogP contribution >= 0.6 is 11.6 Å². The number of aryl methyl sites for hydroxylation is 1. The van der Waals surface area contributed by atoms with Crippen LogP contribution in [0.25, 0.3) is 0 Å². The van der Waals surface area contributed by atoms with Gasteiger partial charge in [-0.2, -0.15) is 0 Å². The summed E-state index contributed by atoms with van der Waals surface area (Å²) in [6.45, 7) is 1.86. The molecule has 1 amide bonds. The number of nitrogens with zero attached hydrogens (tertiary/aromatic N) is 3. The van der Waals surface area contributed by atoms with Crippen LogP contribution in [0.5, 0.6) is 0 Å². The molecule has 0 aliphatic heterocycles. The van der Waals surface area contributed by atoms with E-state index in [1.54, 1.807) is 12.1 Å². The lowest BCUT2D eigenvalue weighted by Crippen LogP contribution is -2.19. The summed E-state index contributed by atoms with van der Waals surface area (Å²) < 4.78 is 1.29. The number of nitrogens with one attached hydrogen (secondary N) is 1. The van der Waals surface area contributed by atoms with Gasteiger partial charge in [0.2, 0.25) is 5.91 Å². The zero-order valence-corrected chi connectivity index (χ0v) is 10.9. The molecule has 1 heterocycles. The lowest BCUT2D eigenvalue weighted by molar-refractivity contribution is -0.116. The molecule has 0 saturated carbocycles. The smallest absolute Gasteiger partial charge is 0.246 e. The van der Waals surface area contributed by atoms with Crippen LogP contribution in [0.3, 0.4) is 0 Å². The fourth-order valence-electron chi connectivity index (χ4n) is 1.46. The van der Waals surface area contributed by atoms with E-state index in [0.29, 0.717) is 17.0 Å². The Morgan fingerprint density at radius 1 is 1.53 bits per heavy atom. The van der Waals surface area contributed by atoms with Gasteiger partial charge >= 0.3 is 0 Å². The first kappa shape index (κ1) is 13.2. The van der Waals surface area contributed by atoms with Crippen LogP contribution in [-0.4, -0.2) is 27.2 Å². The van der Waals surface area contributed by atoms with Crippen LogP contribution in [0.4, 0.5) is 5.69 Å². The number of aldehydes is 1. The largest absolute Gasteiger partial charge is 0.324 e. The predicted octanol–water partition coefficient (Wildman–Crippen LogP) is 1.69. The lowest BCUT2D eigenvalue weighted by atomic mass is 10.2. The van der Waals surface area contributed by atoms with Gasteiger partial charge in [0.05, 0.1) is 6.20 Å². The molecule has 0 atom stereocenters. The van der Waals surface area contributed by atoms with E-state index in [0.717, 1.165) is 5.56 Å². The molecule has 1 aromatic heterocycles. The number of benzene rings is 1. The molecule has 0 aliphatic carbocycles. The van der Waals surface area contributed by atoms with E-state index in [-0.39, 0.29) is 18.1 Å². The van der Waals surface area contributed by atoms with Crippen LogP contribution in [0.2, 0.25) is 5.02 Å². The highest BCUT2D eigenvalue weighted by molar-refractivity contribution is 6.31. The highest BCUT2D eigenvalue weighted by Crippen LogP contribution is 2.19. The Kier molecular flexibility index (Phi) is 3.91. The second-order valence-electron chi connectivity index (χ2n) is 3.97. The van der Waals surface area contributed by atoms with Crippen LogP contribution < -0.4 is 5.32 Å². The lowest BCUT2D eigenvalue weighted by Gasteiger charge is -2.06. The molecular weight excluding hydrogens is 268 g/mol. The first-order chi connectivity index (χ1) is 9.08. The van der Waals surface area contributed by atoms with Crippen LogP contribution in [0, 0.1) is 6.92 Å². The second kappa shape index (κ2) is 5.62. The van der Waals surface area contributed by atoms with Gasteiger partial charge in [0.1, 0.15) is 12.2 Å². The van der Waals surface area contributed by atoms with Crippen molar-refractivity contribution in [3.63, 3.8) is 0 Å². The molecule has 1 N–H and O–H groups in total. The Hall–Kier alpha value is -2.21. The average molecular weight is 279 g/mol. The van der Waals surface area contributed by atoms with Gasteiger partial charge in [0.25, 0.3) is 0 Å². The van der Waals surface area contributed by atoms with Crippen molar-refractivity contribution in [2.24, 2.45) is 0 Å². The molecule has 19 heavy (non-hydrogen) atoms. The summed E-state index contributed by atoms with van der Waals surface area (Å²) in [5, 5.41) is 10.5. The molecule has 2 rings (SSSR count). The van der Waals surface area contributed by atoms with Crippen molar-refractivity contribution in [1.29, 1.82) is 0 Å². The summed E-state index contributed by atoms with van der Waals surface area (Å²) in [5.74, 6) is -0.276. The number of rotatable bonds is 4. The maximum absolute atomic E-state index is 11.7. The van der Waals surface area contributed by atoms with Gasteiger partial charge in [-0.15, -0.1) is 5.10 Å². The zero-order chi connectivity index (χ0) is 13.8. The average Bonchev–Trinajstić information content (AvgIpc) is 2.81. The topological polar surface area (TPSA) is 76.9 Å². The zero-order valence-electron chi connectivity index (χ0n) is 10.1. The summed E-state index contributed by atoms with van der Waals surface area (Å²) in [7, 11) is 0. The highest BCUT2D eigenvalue weighted by atomic mass is 35.5. The third-order valence-corrected chi connectivity index (χ3v) is 2.85. The number of hydrogen-bond acceptors (Lipinski definition) is 4. The van der Waals surface area contributed by atoms with Gasteiger partial charge < -0.3 is 5.32 Å². The number of anilines is 1. The Bertz CT molecular complexity index is 624. The van der Waals surface area contributed by atoms with Gasteiger partial charge in [-0.1, -0.05) is 22.9 Å². The maximum Gasteiger partial charge on any atom is 0.246 e. The van der Waals surface area contributed by atoms with Gasteiger partial charge in [-0.05, 0) is 24.6 Å². The normalized spacial score (nSPS) is 10.2. The number of carbonyl (C=O) groups is 2. The van der Waals surface area contributed by atoms with Crippen LogP contribution in [0.1, 0.15) is 16.1 Å². The van der Waals surface area contributed by atoms with Crippen molar-refractivity contribution in [3.8, 4) is 0 Å². The molecule has 1 aromatic carbocycles. The monoisotopic (exact) mass is 278 g/mol. The second-order valence-corrected chi connectivity index (χ2v) is 4.38. The Morgan fingerprint density at radius 3 is 2.95 bits per heavy atom. The molecule has 0 unspecified atom stereocenters. The highest BCUT2D eigenvalue weighted by Gasteiger charge is 2.07. The molecule has 0 saturated heterocycles. The molecule has 0 bridgehead atoms. The van der Waals surface area contributed by atoms with Crippen LogP contribution in [-0.2, 0) is 11.3 Å². The number of hydrogen-bond donors (Lipinski definition) is 1. The predicted molar refractivity (Wildman–Crippen MR) is 70.2 cm³/mol. The quantitative estimate of drug-likeness (QED) is 0.864. The fraction of sp³-hybridized carbons (Fsp3) is 0.167. The van der Waals surface area contributed by atoms with Gasteiger partial charge in [-0.25, -0.2) is 4.68 Å². The summed E-state index contributed by atoms with van der Waals surface area (Å²) in [5.41, 5.74) is 1.73. The molecular formula is C12H11ClN4O2. The van der Waals surface area contributed by atoms with E-state index in [1.807, 2.05) is 13.0 Å². The number of carbonyl (C=O) groups excluding carboxylic acids is 2. The minimum Gasteiger partial charge on any atom is -0.324 e. The van der Waals surface area contributed by atoms with E-state index >= 15 is 0 Å². The van der Waals surface area contributed by atoms with E-state index < -0.39 is 0 Å².